The number of para-hydroxylation sites is 1. The number of anilines is 1. The molecule has 0 aromatic heterocycles. The van der Waals surface area contributed by atoms with Gasteiger partial charge < -0.3 is 0 Å². The number of benzene rings is 2. The van der Waals surface area contributed by atoms with Crippen LogP contribution < -0.4 is 5.01 Å². The predicted molar refractivity (Wildman–Crippen MR) is 79.5 cm³/mol. The summed E-state index contributed by atoms with van der Waals surface area (Å²) in [6, 6.07) is 20.0. The van der Waals surface area contributed by atoms with E-state index < -0.39 is 0 Å². The highest BCUT2D eigenvalue weighted by molar-refractivity contribution is 6.17. The minimum absolute atomic E-state index is 0.961. The zero-order chi connectivity index (χ0) is 13.1. The summed E-state index contributed by atoms with van der Waals surface area (Å²) < 4.78 is 1.29. The Kier molecular flexibility index (Phi) is 3.21. The second kappa shape index (κ2) is 5.16. The van der Waals surface area contributed by atoms with Gasteiger partial charge in [-0.1, -0.05) is 48.5 Å². The van der Waals surface area contributed by atoms with Crippen LogP contribution in [0.5, 0.6) is 0 Å². The molecule has 0 radical (unpaired) electrons. The zero-order valence-electron chi connectivity index (χ0n) is 10.1. The average molecular weight is 270 g/mol. The van der Waals surface area contributed by atoms with Crippen LogP contribution in [0.3, 0.4) is 0 Å². The van der Waals surface area contributed by atoms with Crippen molar-refractivity contribution in [2.24, 2.45) is 5.10 Å². The van der Waals surface area contributed by atoms with Gasteiger partial charge in [0.05, 0.1) is 23.7 Å². The third-order valence-corrected chi connectivity index (χ3v) is 3.11. The number of rotatable bonds is 2. The van der Waals surface area contributed by atoms with Gasteiger partial charge in [-0.05, 0) is 17.7 Å². The number of hydrogen-bond acceptors (Lipinski definition) is 3. The van der Waals surface area contributed by atoms with E-state index in [9.17, 15) is 0 Å². The van der Waals surface area contributed by atoms with Crippen molar-refractivity contribution in [2.45, 2.75) is 0 Å². The zero-order valence-corrected chi connectivity index (χ0v) is 10.9. The normalized spacial score (nSPS) is 14.5. The number of nitrogens with zero attached hydrogens (tertiary/aromatic N) is 3. The van der Waals surface area contributed by atoms with Crippen molar-refractivity contribution in [3.63, 3.8) is 0 Å². The molecular weight excluding hydrogens is 258 g/mol. The lowest BCUT2D eigenvalue weighted by molar-refractivity contribution is 0.491. The van der Waals surface area contributed by atoms with Gasteiger partial charge in [0.1, 0.15) is 0 Å². The minimum Gasteiger partial charge on any atom is -0.229 e. The largest absolute Gasteiger partial charge is 0.229 e. The van der Waals surface area contributed by atoms with E-state index in [0.29, 0.717) is 0 Å². The quantitative estimate of drug-likeness (QED) is 0.770. The van der Waals surface area contributed by atoms with Gasteiger partial charge >= 0.3 is 0 Å². The molecule has 1 heterocycles. The van der Waals surface area contributed by atoms with Gasteiger partial charge in [-0.2, -0.15) is 0 Å². The number of allylic oxidation sites excluding steroid dienone is 1. The van der Waals surface area contributed by atoms with E-state index in [-0.39, 0.29) is 0 Å². The third kappa shape index (κ3) is 2.46. The summed E-state index contributed by atoms with van der Waals surface area (Å²) in [5, 5.41) is 5.97. The molecule has 0 N–H and O–H groups in total. The van der Waals surface area contributed by atoms with E-state index in [1.807, 2.05) is 66.9 Å². The first-order valence-corrected chi connectivity index (χ1v) is 6.30. The Morgan fingerprint density at radius 3 is 2.16 bits per heavy atom. The number of halogens is 1. The van der Waals surface area contributed by atoms with Crippen LogP contribution in [0.2, 0.25) is 0 Å². The van der Waals surface area contributed by atoms with Gasteiger partial charge in [0, 0.05) is 11.8 Å². The van der Waals surface area contributed by atoms with Crippen LogP contribution in [0, 0.1) is 0 Å². The molecule has 94 valence electrons. The van der Waals surface area contributed by atoms with Gasteiger partial charge in [0.2, 0.25) is 0 Å². The summed E-state index contributed by atoms with van der Waals surface area (Å²) in [5.74, 6) is 0. The van der Waals surface area contributed by atoms with Crippen LogP contribution in [0.1, 0.15) is 5.56 Å². The SMILES string of the molecule is ClN1N=CC(c2ccccc2)=CN1c1ccccc1. The number of hydrazine groups is 1. The van der Waals surface area contributed by atoms with E-state index >= 15 is 0 Å². The Labute approximate surface area is 117 Å². The summed E-state index contributed by atoms with van der Waals surface area (Å²) in [7, 11) is 0. The first-order chi connectivity index (χ1) is 9.34. The van der Waals surface area contributed by atoms with Crippen molar-refractivity contribution in [3.8, 4) is 0 Å². The maximum Gasteiger partial charge on any atom is 0.0656 e. The highest BCUT2D eigenvalue weighted by Crippen LogP contribution is 2.25. The molecule has 19 heavy (non-hydrogen) atoms. The lowest BCUT2D eigenvalue weighted by atomic mass is 10.1. The van der Waals surface area contributed by atoms with E-state index in [1.54, 1.807) is 11.2 Å². The van der Waals surface area contributed by atoms with Crippen LogP contribution in [-0.4, -0.2) is 10.9 Å². The Morgan fingerprint density at radius 1 is 0.842 bits per heavy atom. The topological polar surface area (TPSA) is 18.8 Å². The summed E-state index contributed by atoms with van der Waals surface area (Å²) in [6.45, 7) is 0. The predicted octanol–water partition coefficient (Wildman–Crippen LogP) is 3.90. The standard InChI is InChI=1S/C15H12ClN3/c16-19-17-11-14(13-7-3-1-4-8-13)12-18(19)15-9-5-2-6-10-15/h1-12H. The molecule has 0 saturated heterocycles. The Hall–Kier alpha value is -2.26. The summed E-state index contributed by atoms with van der Waals surface area (Å²) >= 11 is 6.09. The fourth-order valence-corrected chi connectivity index (χ4v) is 2.08. The van der Waals surface area contributed by atoms with Crippen LogP contribution in [0.4, 0.5) is 5.69 Å². The molecule has 1 aliphatic rings. The average Bonchev–Trinajstić information content (AvgIpc) is 2.49. The smallest absolute Gasteiger partial charge is 0.0656 e. The van der Waals surface area contributed by atoms with Crippen molar-refractivity contribution < 1.29 is 0 Å². The molecule has 0 fully saturated rings. The molecule has 0 aliphatic carbocycles. The van der Waals surface area contributed by atoms with E-state index in [1.165, 1.54) is 4.64 Å². The summed E-state index contributed by atoms with van der Waals surface area (Å²) in [6.07, 6.45) is 3.71. The second-order valence-electron chi connectivity index (χ2n) is 4.12. The van der Waals surface area contributed by atoms with Crippen molar-refractivity contribution in [2.75, 3.05) is 5.01 Å². The maximum atomic E-state index is 6.09. The highest BCUT2D eigenvalue weighted by Gasteiger charge is 2.15. The molecule has 3 rings (SSSR count). The second-order valence-corrected chi connectivity index (χ2v) is 4.42. The van der Waals surface area contributed by atoms with Gasteiger partial charge in [0.25, 0.3) is 0 Å². The van der Waals surface area contributed by atoms with Crippen molar-refractivity contribution in [1.29, 1.82) is 0 Å². The Morgan fingerprint density at radius 2 is 1.47 bits per heavy atom. The molecular formula is C15H12ClN3. The van der Waals surface area contributed by atoms with Gasteiger partial charge in [-0.15, -0.1) is 9.74 Å². The van der Waals surface area contributed by atoms with Crippen LogP contribution in [-0.2, 0) is 0 Å². The van der Waals surface area contributed by atoms with Crippen LogP contribution >= 0.6 is 11.8 Å². The van der Waals surface area contributed by atoms with E-state index in [4.69, 9.17) is 11.8 Å². The fourth-order valence-electron chi connectivity index (χ4n) is 1.91. The van der Waals surface area contributed by atoms with Crippen LogP contribution in [0.25, 0.3) is 5.57 Å². The molecule has 0 spiro atoms. The molecule has 0 amide bonds. The summed E-state index contributed by atoms with van der Waals surface area (Å²) in [5.41, 5.74) is 3.08. The molecule has 0 atom stereocenters. The lowest BCUT2D eigenvalue weighted by Gasteiger charge is -2.28. The number of hydrogen-bond donors (Lipinski definition) is 0. The molecule has 3 nitrogen and oxygen atoms in total. The third-order valence-electron chi connectivity index (χ3n) is 2.86. The first kappa shape index (κ1) is 11.8. The molecule has 0 bridgehead atoms. The monoisotopic (exact) mass is 269 g/mol. The highest BCUT2D eigenvalue weighted by atomic mass is 35.5. The van der Waals surface area contributed by atoms with Crippen molar-refractivity contribution in [1.82, 2.24) is 4.64 Å². The van der Waals surface area contributed by atoms with Crippen LogP contribution in [0.15, 0.2) is 72.0 Å². The molecule has 2 aromatic rings. The maximum absolute atomic E-state index is 6.09. The van der Waals surface area contributed by atoms with E-state index in [0.717, 1.165) is 16.8 Å². The Bertz CT molecular complexity index is 608. The lowest BCUT2D eigenvalue weighted by Crippen LogP contribution is -2.30. The van der Waals surface area contributed by atoms with Gasteiger partial charge in [-0.25, -0.2) is 5.01 Å². The van der Waals surface area contributed by atoms with Gasteiger partial charge in [0.15, 0.2) is 0 Å². The molecule has 1 aliphatic heterocycles. The fraction of sp³-hybridized carbons (Fsp3) is 0. The molecule has 0 saturated carbocycles. The van der Waals surface area contributed by atoms with E-state index in [2.05, 4.69) is 5.10 Å². The first-order valence-electron chi connectivity index (χ1n) is 5.96. The van der Waals surface area contributed by atoms with Crippen molar-refractivity contribution in [3.05, 3.63) is 72.4 Å². The number of hydrazone groups is 1. The minimum atomic E-state index is 0.961. The summed E-state index contributed by atoms with van der Waals surface area (Å²) in [4.78, 5) is 0. The van der Waals surface area contributed by atoms with Gasteiger partial charge in [-0.3, -0.25) is 0 Å². The van der Waals surface area contributed by atoms with Crippen molar-refractivity contribution >= 4 is 29.3 Å². The molecule has 2 aromatic carbocycles. The molecule has 0 unspecified atom stereocenters. The Balaban J connectivity index is 1.98. The molecule has 4 heteroatoms.